The summed E-state index contributed by atoms with van der Waals surface area (Å²) in [5, 5.41) is 2.00. The largest absolute Gasteiger partial charge is 0.497 e. The third-order valence-electron chi connectivity index (χ3n) is 6.55. The Labute approximate surface area is 227 Å². The Bertz CT molecular complexity index is 1220. The summed E-state index contributed by atoms with van der Waals surface area (Å²) < 4.78 is 21.5. The van der Waals surface area contributed by atoms with Gasteiger partial charge in [-0.1, -0.05) is 12.1 Å². The van der Waals surface area contributed by atoms with Crippen LogP contribution < -0.4 is 18.9 Å². The number of amides is 2. The molecule has 4 rings (SSSR count). The van der Waals surface area contributed by atoms with Crippen molar-refractivity contribution in [3.05, 3.63) is 69.9 Å². The van der Waals surface area contributed by atoms with Crippen molar-refractivity contribution >= 4 is 23.2 Å². The lowest BCUT2D eigenvalue weighted by molar-refractivity contribution is -0.132. The third-order valence-corrected chi connectivity index (χ3v) is 7.41. The summed E-state index contributed by atoms with van der Waals surface area (Å²) in [5.74, 6) is 2.09. The van der Waals surface area contributed by atoms with Crippen molar-refractivity contribution in [1.82, 2.24) is 9.80 Å². The van der Waals surface area contributed by atoms with Crippen molar-refractivity contribution in [3.8, 4) is 23.0 Å². The van der Waals surface area contributed by atoms with Gasteiger partial charge in [-0.25, -0.2) is 0 Å². The van der Waals surface area contributed by atoms with Crippen LogP contribution in [-0.2, 0) is 17.8 Å². The molecule has 1 fully saturated rings. The molecule has 3 aromatic rings. The van der Waals surface area contributed by atoms with Crippen molar-refractivity contribution in [3.63, 3.8) is 0 Å². The van der Waals surface area contributed by atoms with E-state index in [4.69, 9.17) is 18.9 Å². The first-order chi connectivity index (χ1) is 18.4. The summed E-state index contributed by atoms with van der Waals surface area (Å²) in [6.45, 7) is 1.01. The van der Waals surface area contributed by atoms with Gasteiger partial charge >= 0.3 is 0 Å². The average molecular weight is 539 g/mol. The first kappa shape index (κ1) is 27.3. The minimum Gasteiger partial charge on any atom is -0.497 e. The van der Waals surface area contributed by atoms with Crippen LogP contribution in [-0.4, -0.2) is 69.2 Å². The fourth-order valence-corrected chi connectivity index (χ4v) is 5.00. The van der Waals surface area contributed by atoms with Gasteiger partial charge in [0.05, 0.1) is 35.0 Å². The van der Waals surface area contributed by atoms with Gasteiger partial charge in [0.2, 0.25) is 5.91 Å². The van der Waals surface area contributed by atoms with Gasteiger partial charge in [0.15, 0.2) is 11.5 Å². The maximum absolute atomic E-state index is 13.7. The molecule has 0 bridgehead atoms. The minimum absolute atomic E-state index is 0.0142. The van der Waals surface area contributed by atoms with Crippen LogP contribution in [0.3, 0.4) is 0 Å². The summed E-state index contributed by atoms with van der Waals surface area (Å²) >= 11 is 1.61. The van der Waals surface area contributed by atoms with Crippen LogP contribution in [0.25, 0.3) is 0 Å². The minimum atomic E-state index is -0.200. The van der Waals surface area contributed by atoms with E-state index in [-0.39, 0.29) is 24.4 Å². The molecule has 0 radical (unpaired) electrons. The van der Waals surface area contributed by atoms with E-state index in [2.05, 4.69) is 0 Å². The molecule has 2 aromatic carbocycles. The molecule has 0 N–H and O–H groups in total. The number of carbonyl (C=O) groups is 2. The number of methoxy groups -OCH3 is 4. The molecule has 1 saturated carbocycles. The smallest absolute Gasteiger partial charge is 0.254 e. The number of thiophene rings is 1. The highest BCUT2D eigenvalue weighted by Gasteiger charge is 2.35. The highest BCUT2D eigenvalue weighted by molar-refractivity contribution is 7.09. The second-order valence-electron chi connectivity index (χ2n) is 9.10. The Morgan fingerprint density at radius 1 is 0.895 bits per heavy atom. The summed E-state index contributed by atoms with van der Waals surface area (Å²) in [7, 11) is 6.31. The Kier molecular flexibility index (Phi) is 9.12. The number of benzene rings is 2. The maximum atomic E-state index is 13.7. The van der Waals surface area contributed by atoms with Gasteiger partial charge in [-0.2, -0.15) is 0 Å². The molecule has 0 aliphatic heterocycles. The molecule has 1 aliphatic rings. The number of rotatable bonds is 13. The standard InChI is InChI=1S/C29H34N2O6S/c1-34-23-15-21(16-24(17-23)35-2)29(33)31(22-8-9-22)19-28(32)30(18-25-6-5-13-38-25)12-11-20-7-10-26(36-3)27(14-20)37-4/h5-7,10,13-17,22H,8-9,11-12,18-19H2,1-4H3. The van der Waals surface area contributed by atoms with E-state index in [0.717, 1.165) is 23.3 Å². The highest BCUT2D eigenvalue weighted by atomic mass is 32.1. The van der Waals surface area contributed by atoms with Crippen LogP contribution in [0.15, 0.2) is 53.9 Å². The first-order valence-electron chi connectivity index (χ1n) is 12.5. The van der Waals surface area contributed by atoms with E-state index in [1.807, 2.05) is 40.6 Å². The zero-order chi connectivity index (χ0) is 27.1. The van der Waals surface area contributed by atoms with E-state index >= 15 is 0 Å². The highest BCUT2D eigenvalue weighted by Crippen LogP contribution is 2.31. The van der Waals surface area contributed by atoms with Crippen molar-refractivity contribution in [1.29, 1.82) is 0 Å². The summed E-state index contributed by atoms with van der Waals surface area (Å²) in [5.41, 5.74) is 1.47. The van der Waals surface area contributed by atoms with Crippen molar-refractivity contribution in [2.45, 2.75) is 31.8 Å². The zero-order valence-corrected chi connectivity index (χ0v) is 23.1. The Morgan fingerprint density at radius 3 is 2.18 bits per heavy atom. The maximum Gasteiger partial charge on any atom is 0.254 e. The second-order valence-corrected chi connectivity index (χ2v) is 10.1. The van der Waals surface area contributed by atoms with Crippen molar-refractivity contribution < 1.29 is 28.5 Å². The summed E-state index contributed by atoms with van der Waals surface area (Å²) in [6.07, 6.45) is 2.41. The zero-order valence-electron chi connectivity index (χ0n) is 22.3. The van der Waals surface area contributed by atoms with Crippen LogP contribution in [0.4, 0.5) is 0 Å². The van der Waals surface area contributed by atoms with E-state index in [1.165, 1.54) is 0 Å². The normalized spacial score (nSPS) is 12.5. The van der Waals surface area contributed by atoms with Gasteiger partial charge in [0, 0.05) is 29.1 Å². The molecule has 38 heavy (non-hydrogen) atoms. The molecular formula is C29H34N2O6S. The molecule has 0 unspecified atom stereocenters. The Morgan fingerprint density at radius 2 is 1.61 bits per heavy atom. The number of carbonyl (C=O) groups excluding carboxylic acids is 2. The van der Waals surface area contributed by atoms with E-state index < -0.39 is 0 Å². The van der Waals surface area contributed by atoms with Gasteiger partial charge in [0.25, 0.3) is 5.91 Å². The van der Waals surface area contributed by atoms with Crippen LogP contribution in [0, 0.1) is 0 Å². The molecule has 1 heterocycles. The molecule has 2 amide bonds. The molecule has 0 spiro atoms. The van der Waals surface area contributed by atoms with Gasteiger partial charge in [-0.3, -0.25) is 9.59 Å². The second kappa shape index (κ2) is 12.7. The van der Waals surface area contributed by atoms with Crippen LogP contribution in [0.2, 0.25) is 0 Å². The van der Waals surface area contributed by atoms with Crippen LogP contribution in [0.5, 0.6) is 23.0 Å². The fourth-order valence-electron chi connectivity index (χ4n) is 4.28. The van der Waals surface area contributed by atoms with E-state index in [9.17, 15) is 9.59 Å². The fraction of sp³-hybridized carbons (Fsp3) is 0.379. The molecule has 0 saturated heterocycles. The molecule has 8 nitrogen and oxygen atoms in total. The molecule has 9 heteroatoms. The van der Waals surface area contributed by atoms with Crippen molar-refractivity contribution in [2.75, 3.05) is 41.5 Å². The van der Waals surface area contributed by atoms with E-state index in [0.29, 0.717) is 48.1 Å². The Hall–Kier alpha value is -3.72. The van der Waals surface area contributed by atoms with Crippen LogP contribution >= 0.6 is 11.3 Å². The lowest BCUT2D eigenvalue weighted by Crippen LogP contribution is -2.44. The lowest BCUT2D eigenvalue weighted by atomic mass is 10.1. The van der Waals surface area contributed by atoms with Crippen LogP contribution in [0.1, 0.15) is 33.6 Å². The quantitative estimate of drug-likeness (QED) is 0.315. The molecule has 0 atom stereocenters. The third kappa shape index (κ3) is 6.77. The monoisotopic (exact) mass is 538 g/mol. The van der Waals surface area contributed by atoms with E-state index in [1.54, 1.807) is 62.9 Å². The predicted octanol–water partition coefficient (Wildman–Crippen LogP) is 4.66. The molecule has 202 valence electrons. The van der Waals surface area contributed by atoms with Gasteiger partial charge in [-0.15, -0.1) is 11.3 Å². The number of hydrogen-bond donors (Lipinski definition) is 0. The number of hydrogen-bond acceptors (Lipinski definition) is 7. The van der Waals surface area contributed by atoms with Gasteiger partial charge in [-0.05, 0) is 60.5 Å². The topological polar surface area (TPSA) is 77.5 Å². The average Bonchev–Trinajstić information content (AvgIpc) is 3.67. The van der Waals surface area contributed by atoms with Gasteiger partial charge < -0.3 is 28.7 Å². The lowest BCUT2D eigenvalue weighted by Gasteiger charge is -2.28. The molecule has 1 aliphatic carbocycles. The van der Waals surface area contributed by atoms with Crippen molar-refractivity contribution in [2.24, 2.45) is 0 Å². The summed E-state index contributed by atoms with van der Waals surface area (Å²) in [6, 6.07) is 14.9. The number of nitrogens with zero attached hydrogens (tertiary/aromatic N) is 2. The number of ether oxygens (including phenoxy) is 4. The SMILES string of the molecule is COc1cc(OC)cc(C(=O)N(CC(=O)N(CCc2ccc(OC)c(OC)c2)Cc2cccs2)C2CC2)c1. The first-order valence-corrected chi connectivity index (χ1v) is 13.4. The van der Waals surface area contributed by atoms with Gasteiger partial charge in [0.1, 0.15) is 18.0 Å². The summed E-state index contributed by atoms with van der Waals surface area (Å²) in [4.78, 5) is 31.9. The molecule has 1 aromatic heterocycles. The predicted molar refractivity (Wildman–Crippen MR) is 147 cm³/mol. The molecular weight excluding hydrogens is 504 g/mol. The Balaban J connectivity index is 1.52.